The Kier molecular flexibility index (Phi) is 7.88. The molecule has 1 aromatic rings. The SMILES string of the molecule is CC(=O)N1CCC[C@H](NS(C)(=O)=O)[C@@H]1CO[C@H]1CC[C@@H](c2ccccc2C(F)(F)F)CC1. The van der Waals surface area contributed by atoms with Crippen molar-refractivity contribution < 1.29 is 31.1 Å². The average molecular weight is 477 g/mol. The molecule has 2 aliphatic rings. The van der Waals surface area contributed by atoms with Gasteiger partial charge >= 0.3 is 6.18 Å². The Bertz CT molecular complexity index is 899. The fourth-order valence-electron chi connectivity index (χ4n) is 4.95. The monoisotopic (exact) mass is 476 g/mol. The molecule has 0 unspecified atom stereocenters. The van der Waals surface area contributed by atoms with Crippen LogP contribution in [-0.2, 0) is 25.7 Å². The number of hydrogen-bond donors (Lipinski definition) is 1. The molecule has 10 heteroatoms. The molecular weight excluding hydrogens is 445 g/mol. The van der Waals surface area contributed by atoms with Gasteiger partial charge in [0, 0.05) is 19.5 Å². The summed E-state index contributed by atoms with van der Waals surface area (Å²) in [6, 6.07) is 4.92. The molecule has 1 amide bonds. The van der Waals surface area contributed by atoms with Gasteiger partial charge in [-0.3, -0.25) is 4.79 Å². The van der Waals surface area contributed by atoms with Crippen molar-refractivity contribution in [2.45, 2.75) is 75.7 Å². The summed E-state index contributed by atoms with van der Waals surface area (Å²) in [6.45, 7) is 2.20. The summed E-state index contributed by atoms with van der Waals surface area (Å²) >= 11 is 0. The predicted molar refractivity (Wildman–Crippen MR) is 115 cm³/mol. The van der Waals surface area contributed by atoms with Crippen LogP contribution in [0.1, 0.15) is 62.5 Å². The Morgan fingerprint density at radius 3 is 2.41 bits per heavy atom. The number of nitrogens with one attached hydrogen (secondary N) is 1. The van der Waals surface area contributed by atoms with Crippen molar-refractivity contribution in [3.63, 3.8) is 0 Å². The lowest BCUT2D eigenvalue weighted by molar-refractivity contribution is -0.139. The van der Waals surface area contributed by atoms with E-state index in [2.05, 4.69) is 4.72 Å². The van der Waals surface area contributed by atoms with Crippen molar-refractivity contribution in [3.8, 4) is 0 Å². The molecule has 1 heterocycles. The first kappa shape index (κ1) is 25.0. The summed E-state index contributed by atoms with van der Waals surface area (Å²) in [5, 5.41) is 0. The summed E-state index contributed by atoms with van der Waals surface area (Å²) < 4.78 is 72.3. The van der Waals surface area contributed by atoms with E-state index in [0.717, 1.165) is 12.3 Å². The highest BCUT2D eigenvalue weighted by Gasteiger charge is 2.37. The number of amides is 1. The van der Waals surface area contributed by atoms with Gasteiger partial charge in [-0.25, -0.2) is 13.1 Å². The number of nitrogens with zero attached hydrogens (tertiary/aromatic N) is 1. The third-order valence-electron chi connectivity index (χ3n) is 6.43. The van der Waals surface area contributed by atoms with Gasteiger partial charge in [0.05, 0.1) is 30.6 Å². The summed E-state index contributed by atoms with van der Waals surface area (Å²) in [6.07, 6.45) is 0.327. The molecule has 180 valence electrons. The molecule has 0 aromatic heterocycles. The van der Waals surface area contributed by atoms with E-state index < -0.39 is 33.8 Å². The summed E-state index contributed by atoms with van der Waals surface area (Å²) in [5.74, 6) is -0.304. The maximum absolute atomic E-state index is 13.4. The number of carbonyl (C=O) groups is 1. The second kappa shape index (κ2) is 10.1. The van der Waals surface area contributed by atoms with Crippen LogP contribution in [0.5, 0.6) is 0 Å². The number of ether oxygens (including phenoxy) is 1. The highest BCUT2D eigenvalue weighted by molar-refractivity contribution is 7.88. The Balaban J connectivity index is 1.61. The van der Waals surface area contributed by atoms with Gasteiger partial charge in [-0.15, -0.1) is 0 Å². The van der Waals surface area contributed by atoms with E-state index in [-0.39, 0.29) is 24.5 Å². The van der Waals surface area contributed by atoms with Crippen molar-refractivity contribution in [3.05, 3.63) is 35.4 Å². The van der Waals surface area contributed by atoms with E-state index in [1.807, 2.05) is 0 Å². The van der Waals surface area contributed by atoms with Gasteiger partial charge in [0.1, 0.15) is 0 Å². The van der Waals surface area contributed by atoms with Crippen LogP contribution in [0.4, 0.5) is 13.2 Å². The zero-order chi connectivity index (χ0) is 23.5. The minimum atomic E-state index is -4.37. The third-order valence-corrected chi connectivity index (χ3v) is 7.16. The molecule has 2 fully saturated rings. The minimum Gasteiger partial charge on any atom is -0.376 e. The maximum Gasteiger partial charge on any atom is 0.416 e. The first-order valence-corrected chi connectivity index (χ1v) is 12.9. The Labute approximate surface area is 187 Å². The number of likely N-dealkylation sites (tertiary alicyclic amines) is 1. The van der Waals surface area contributed by atoms with Crippen LogP contribution >= 0.6 is 0 Å². The smallest absolute Gasteiger partial charge is 0.376 e. The fourth-order valence-corrected chi connectivity index (χ4v) is 5.78. The van der Waals surface area contributed by atoms with Gasteiger partial charge in [0.25, 0.3) is 0 Å². The first-order valence-electron chi connectivity index (χ1n) is 11.0. The van der Waals surface area contributed by atoms with Gasteiger partial charge < -0.3 is 9.64 Å². The molecule has 1 aliphatic carbocycles. The molecular formula is C22H31F3N2O4S. The Hall–Kier alpha value is -1.65. The van der Waals surface area contributed by atoms with Crippen molar-refractivity contribution >= 4 is 15.9 Å². The largest absolute Gasteiger partial charge is 0.416 e. The summed E-state index contributed by atoms with van der Waals surface area (Å²) in [4.78, 5) is 13.7. The van der Waals surface area contributed by atoms with E-state index >= 15 is 0 Å². The number of halogens is 3. The third kappa shape index (κ3) is 6.45. The van der Waals surface area contributed by atoms with Gasteiger partial charge in [-0.05, 0) is 56.1 Å². The van der Waals surface area contributed by atoms with Gasteiger partial charge in [0.2, 0.25) is 15.9 Å². The Morgan fingerprint density at radius 2 is 1.81 bits per heavy atom. The zero-order valence-electron chi connectivity index (χ0n) is 18.4. The highest BCUT2D eigenvalue weighted by Crippen LogP contribution is 2.41. The molecule has 0 bridgehead atoms. The van der Waals surface area contributed by atoms with Crippen LogP contribution in [-0.4, -0.2) is 56.8 Å². The highest BCUT2D eigenvalue weighted by atomic mass is 32.2. The number of piperidine rings is 1. The van der Waals surface area contributed by atoms with Crippen LogP contribution in [0.3, 0.4) is 0 Å². The number of alkyl halides is 3. The molecule has 1 aromatic carbocycles. The molecule has 0 spiro atoms. The minimum absolute atomic E-state index is 0.126. The second-order valence-electron chi connectivity index (χ2n) is 8.81. The normalized spacial score (nSPS) is 27.3. The summed E-state index contributed by atoms with van der Waals surface area (Å²) in [7, 11) is -3.44. The molecule has 2 atom stereocenters. The van der Waals surface area contributed by atoms with Crippen LogP contribution in [0.2, 0.25) is 0 Å². The van der Waals surface area contributed by atoms with E-state index in [9.17, 15) is 26.4 Å². The van der Waals surface area contributed by atoms with Crippen molar-refractivity contribution in [2.24, 2.45) is 0 Å². The molecule has 1 saturated carbocycles. The average Bonchev–Trinajstić information content (AvgIpc) is 2.71. The zero-order valence-corrected chi connectivity index (χ0v) is 19.2. The standard InChI is InChI=1S/C22H31F3N2O4S/c1-15(28)27-13-5-8-20(26-32(2,29)30)21(27)14-31-17-11-9-16(10-12-17)18-6-3-4-7-19(18)22(23,24)25/h3-4,6-7,16-17,20-21,26H,5,8-14H2,1-2H3/t16-,17+,20-,21-/m0/s1. The quantitative estimate of drug-likeness (QED) is 0.680. The van der Waals surface area contributed by atoms with Crippen LogP contribution in [0, 0.1) is 0 Å². The van der Waals surface area contributed by atoms with E-state index in [1.165, 1.54) is 13.0 Å². The number of carbonyl (C=O) groups excluding carboxylic acids is 1. The number of sulfonamides is 1. The van der Waals surface area contributed by atoms with Crippen LogP contribution in [0.25, 0.3) is 0 Å². The molecule has 32 heavy (non-hydrogen) atoms. The molecule has 6 nitrogen and oxygen atoms in total. The number of benzene rings is 1. The van der Waals surface area contributed by atoms with Crippen LogP contribution in [0.15, 0.2) is 24.3 Å². The van der Waals surface area contributed by atoms with Gasteiger partial charge in [-0.2, -0.15) is 13.2 Å². The van der Waals surface area contributed by atoms with E-state index in [0.29, 0.717) is 50.6 Å². The van der Waals surface area contributed by atoms with Crippen LogP contribution < -0.4 is 4.72 Å². The number of hydrogen-bond acceptors (Lipinski definition) is 4. The van der Waals surface area contributed by atoms with Crippen molar-refractivity contribution in [1.29, 1.82) is 0 Å². The lowest BCUT2D eigenvalue weighted by Gasteiger charge is -2.41. The second-order valence-corrected chi connectivity index (χ2v) is 10.6. The lowest BCUT2D eigenvalue weighted by Crippen LogP contribution is -2.58. The van der Waals surface area contributed by atoms with E-state index in [1.54, 1.807) is 17.0 Å². The van der Waals surface area contributed by atoms with Crippen molar-refractivity contribution in [2.75, 3.05) is 19.4 Å². The van der Waals surface area contributed by atoms with Crippen molar-refractivity contribution in [1.82, 2.24) is 9.62 Å². The number of rotatable bonds is 6. The topological polar surface area (TPSA) is 75.7 Å². The molecule has 1 aliphatic heterocycles. The van der Waals surface area contributed by atoms with Gasteiger partial charge in [0.15, 0.2) is 0 Å². The maximum atomic E-state index is 13.4. The molecule has 3 rings (SSSR count). The Morgan fingerprint density at radius 1 is 1.16 bits per heavy atom. The van der Waals surface area contributed by atoms with Gasteiger partial charge in [-0.1, -0.05) is 18.2 Å². The molecule has 0 radical (unpaired) electrons. The molecule has 1 N–H and O–H groups in total. The first-order chi connectivity index (χ1) is 15.0. The van der Waals surface area contributed by atoms with E-state index in [4.69, 9.17) is 4.74 Å². The lowest BCUT2D eigenvalue weighted by atomic mass is 9.81. The predicted octanol–water partition coefficient (Wildman–Crippen LogP) is 3.68. The summed E-state index contributed by atoms with van der Waals surface area (Å²) in [5.41, 5.74) is -0.232. The fraction of sp³-hybridized carbons (Fsp3) is 0.682. The molecule has 1 saturated heterocycles.